The van der Waals surface area contributed by atoms with Gasteiger partial charge in [-0.3, -0.25) is 29.0 Å². The van der Waals surface area contributed by atoms with E-state index in [1.54, 1.807) is 48.7 Å². The van der Waals surface area contributed by atoms with E-state index in [0.29, 0.717) is 21.4 Å². The summed E-state index contributed by atoms with van der Waals surface area (Å²) < 4.78 is 1.34. The van der Waals surface area contributed by atoms with Crippen LogP contribution in [0.3, 0.4) is 0 Å². The molecule has 10 nitrogen and oxygen atoms in total. The maximum absolute atomic E-state index is 13.7. The number of carbonyl (C=O) groups is 2. The van der Waals surface area contributed by atoms with Gasteiger partial charge >= 0.3 is 0 Å². The lowest BCUT2D eigenvalue weighted by Crippen LogP contribution is -2.54. The van der Waals surface area contributed by atoms with Crippen LogP contribution in [0.5, 0.6) is 0 Å². The summed E-state index contributed by atoms with van der Waals surface area (Å²) in [5.41, 5.74) is 0.907. The zero-order chi connectivity index (χ0) is 27.8. The minimum atomic E-state index is -0.737. The third-order valence-corrected chi connectivity index (χ3v) is 7.63. The fraction of sp³-hybridized carbons (Fsp3) is 0.0370. The van der Waals surface area contributed by atoms with E-state index in [9.17, 15) is 14.4 Å². The Morgan fingerprint density at radius 2 is 1.73 bits per heavy atom. The summed E-state index contributed by atoms with van der Waals surface area (Å²) in [4.78, 5) is 46.1. The fourth-order valence-electron chi connectivity index (χ4n) is 4.16. The SMILES string of the molecule is O=C1NC(=S)N(c2ccc(Cl)cc2)C(=O)/C1=C\c1c(SC2=NN=NC2c2ccccc2)nc2ccccn2c1=O. The largest absolute Gasteiger partial charge is 0.298 e. The quantitative estimate of drug-likeness (QED) is 0.159. The standard InChI is InChI=1S/C27H16ClN7O3S2/c28-16-9-11-17(12-10-16)35-26(38)18(22(36)30-27(35)39)14-19-23(29-20-8-4-5-13-34(20)25(19)37)40-24-21(31-33-32-24)15-6-2-1-3-7-15/h1-14,21H,(H,30,36,39)/b18-14-. The van der Waals surface area contributed by atoms with E-state index in [0.717, 1.165) is 17.3 Å². The molecule has 1 saturated heterocycles. The third-order valence-electron chi connectivity index (χ3n) is 6.07. The van der Waals surface area contributed by atoms with E-state index in [1.165, 1.54) is 15.4 Å². The van der Waals surface area contributed by atoms with E-state index in [4.69, 9.17) is 23.8 Å². The second-order valence-corrected chi connectivity index (χ2v) is 10.4. The molecular weight excluding hydrogens is 570 g/mol. The first-order chi connectivity index (χ1) is 19.4. The van der Waals surface area contributed by atoms with E-state index < -0.39 is 23.4 Å². The van der Waals surface area contributed by atoms with Crippen LogP contribution < -0.4 is 15.8 Å². The summed E-state index contributed by atoms with van der Waals surface area (Å²) in [6, 6.07) is 20.5. The molecule has 0 aliphatic carbocycles. The molecule has 6 rings (SSSR count). The number of rotatable bonds is 4. The van der Waals surface area contributed by atoms with Crippen molar-refractivity contribution in [1.82, 2.24) is 14.7 Å². The highest BCUT2D eigenvalue weighted by Crippen LogP contribution is 2.35. The second kappa shape index (κ2) is 10.6. The molecule has 1 unspecified atom stereocenters. The molecule has 196 valence electrons. The van der Waals surface area contributed by atoms with Crippen LogP contribution in [0, 0.1) is 0 Å². The number of halogens is 1. The number of aromatic nitrogens is 2. The van der Waals surface area contributed by atoms with Gasteiger partial charge in [-0.15, -0.1) is 5.10 Å². The average Bonchev–Trinajstić information content (AvgIpc) is 3.42. The summed E-state index contributed by atoms with van der Waals surface area (Å²) in [6.45, 7) is 0. The number of hydrogen-bond donors (Lipinski definition) is 1. The average molecular weight is 586 g/mol. The number of anilines is 1. The van der Waals surface area contributed by atoms with Crippen LogP contribution in [0.1, 0.15) is 17.2 Å². The predicted molar refractivity (Wildman–Crippen MR) is 156 cm³/mol. The smallest absolute Gasteiger partial charge is 0.270 e. The van der Waals surface area contributed by atoms with Crippen molar-refractivity contribution < 1.29 is 9.59 Å². The summed E-state index contributed by atoms with van der Waals surface area (Å²) in [5.74, 6) is -1.44. The van der Waals surface area contributed by atoms with Gasteiger partial charge < -0.3 is 0 Å². The van der Waals surface area contributed by atoms with Crippen molar-refractivity contribution >= 4 is 75.0 Å². The van der Waals surface area contributed by atoms with E-state index >= 15 is 0 Å². The van der Waals surface area contributed by atoms with E-state index in [1.807, 2.05) is 30.3 Å². The van der Waals surface area contributed by atoms with Gasteiger partial charge in [0.1, 0.15) is 27.3 Å². The number of thioether (sulfide) groups is 1. The lowest BCUT2D eigenvalue weighted by atomic mass is 10.1. The van der Waals surface area contributed by atoms with Crippen LogP contribution in [-0.4, -0.2) is 31.4 Å². The zero-order valence-corrected chi connectivity index (χ0v) is 22.7. The van der Waals surface area contributed by atoms with Gasteiger partial charge in [0.05, 0.1) is 11.3 Å². The third kappa shape index (κ3) is 4.72. The molecule has 4 heterocycles. The Bertz CT molecular complexity index is 1850. The molecule has 0 spiro atoms. The van der Waals surface area contributed by atoms with Crippen LogP contribution in [-0.2, 0) is 9.59 Å². The maximum atomic E-state index is 13.7. The predicted octanol–water partition coefficient (Wildman–Crippen LogP) is 4.79. The molecule has 2 aliphatic heterocycles. The number of amides is 2. The summed E-state index contributed by atoms with van der Waals surface area (Å²) in [6.07, 6.45) is 2.80. The number of thiocarbonyl (C=S) groups is 1. The number of pyridine rings is 1. The number of benzene rings is 2. The Hall–Kier alpha value is -4.52. The molecule has 1 fully saturated rings. The van der Waals surface area contributed by atoms with Crippen LogP contribution in [0.25, 0.3) is 11.7 Å². The Balaban J connectivity index is 1.46. The van der Waals surface area contributed by atoms with Crippen LogP contribution in [0.15, 0.2) is 110 Å². The van der Waals surface area contributed by atoms with Crippen molar-refractivity contribution in [1.29, 1.82) is 0 Å². The Morgan fingerprint density at radius 3 is 2.50 bits per heavy atom. The van der Waals surface area contributed by atoms with Crippen molar-refractivity contribution in [3.8, 4) is 0 Å². The van der Waals surface area contributed by atoms with Crippen LogP contribution >= 0.6 is 35.6 Å². The minimum Gasteiger partial charge on any atom is -0.298 e. The molecule has 2 amide bonds. The number of nitrogens with zero attached hydrogens (tertiary/aromatic N) is 6. The van der Waals surface area contributed by atoms with Gasteiger partial charge in [-0.05, 0) is 77.2 Å². The van der Waals surface area contributed by atoms with Gasteiger partial charge in [0.2, 0.25) is 0 Å². The molecule has 13 heteroatoms. The summed E-state index contributed by atoms with van der Waals surface area (Å²) in [7, 11) is 0. The van der Waals surface area contributed by atoms with Gasteiger partial charge in [0.15, 0.2) is 5.11 Å². The van der Waals surface area contributed by atoms with E-state index in [2.05, 4.69) is 25.7 Å². The zero-order valence-electron chi connectivity index (χ0n) is 20.3. The second-order valence-electron chi connectivity index (χ2n) is 8.56. The van der Waals surface area contributed by atoms with E-state index in [-0.39, 0.29) is 21.3 Å². The first-order valence-electron chi connectivity index (χ1n) is 11.8. The molecule has 1 atom stereocenters. The molecule has 0 bridgehead atoms. The Morgan fingerprint density at radius 1 is 0.975 bits per heavy atom. The Labute approximate surface area is 241 Å². The Kier molecular flexibility index (Phi) is 6.80. The molecule has 0 radical (unpaired) electrons. The van der Waals surface area contributed by atoms with Crippen LogP contribution in [0.2, 0.25) is 5.02 Å². The van der Waals surface area contributed by atoms with Gasteiger partial charge in [-0.25, -0.2) is 4.98 Å². The molecular formula is C27H16ClN7O3S2. The molecule has 2 aromatic heterocycles. The number of fused-ring (bicyclic) bond motifs is 1. The maximum Gasteiger partial charge on any atom is 0.270 e. The summed E-state index contributed by atoms with van der Waals surface area (Å²) in [5, 5.41) is 15.9. The lowest BCUT2D eigenvalue weighted by Gasteiger charge is -2.29. The topological polar surface area (TPSA) is 121 Å². The normalized spacial score (nSPS) is 18.0. The molecule has 40 heavy (non-hydrogen) atoms. The molecule has 0 saturated carbocycles. The highest BCUT2D eigenvalue weighted by atomic mass is 35.5. The monoisotopic (exact) mass is 585 g/mol. The highest BCUT2D eigenvalue weighted by Gasteiger charge is 2.35. The van der Waals surface area contributed by atoms with Gasteiger partial charge in [0.25, 0.3) is 17.4 Å². The van der Waals surface area contributed by atoms with Crippen LogP contribution in [0.4, 0.5) is 5.69 Å². The minimum absolute atomic E-state index is 0.0255. The molecule has 1 N–H and O–H groups in total. The van der Waals surface area contributed by atoms with Crippen molar-refractivity contribution in [2.45, 2.75) is 11.1 Å². The van der Waals surface area contributed by atoms with Crippen molar-refractivity contribution in [3.05, 3.63) is 111 Å². The molecule has 2 aromatic carbocycles. The first-order valence-corrected chi connectivity index (χ1v) is 13.4. The first kappa shape index (κ1) is 25.7. The highest BCUT2D eigenvalue weighted by molar-refractivity contribution is 8.14. The molecule has 2 aliphatic rings. The summed E-state index contributed by atoms with van der Waals surface area (Å²) >= 11 is 12.4. The molecule has 4 aromatic rings. The van der Waals surface area contributed by atoms with Crippen molar-refractivity contribution in [2.75, 3.05) is 4.90 Å². The van der Waals surface area contributed by atoms with Gasteiger partial charge in [-0.2, -0.15) is 5.11 Å². The fourth-order valence-corrected chi connectivity index (χ4v) is 5.53. The number of carbonyl (C=O) groups excluding carboxylic acids is 2. The van der Waals surface area contributed by atoms with Crippen molar-refractivity contribution in [2.24, 2.45) is 15.4 Å². The number of nitrogens with one attached hydrogen (secondary N) is 1. The van der Waals surface area contributed by atoms with Gasteiger partial charge in [-0.1, -0.05) is 48.0 Å². The van der Waals surface area contributed by atoms with Gasteiger partial charge in [0, 0.05) is 11.2 Å². The lowest BCUT2D eigenvalue weighted by molar-refractivity contribution is -0.122. The van der Waals surface area contributed by atoms with Crippen molar-refractivity contribution in [3.63, 3.8) is 0 Å². The number of hydrogen-bond acceptors (Lipinski definition) is 9.